The molecule has 0 bridgehead atoms. The largest absolute Gasteiger partial charge is 0.395 e. The Balaban J connectivity index is 1.84. The second-order valence-electron chi connectivity index (χ2n) is 5.49. The zero-order valence-corrected chi connectivity index (χ0v) is 11.6. The molecule has 104 valence electrons. The fraction of sp³-hybridized carbons (Fsp3) is 0.643. The molecule has 0 saturated heterocycles. The highest BCUT2D eigenvalue weighted by molar-refractivity contribution is 6.31. The van der Waals surface area contributed by atoms with Crippen LogP contribution in [-0.4, -0.2) is 39.7 Å². The van der Waals surface area contributed by atoms with E-state index in [0.717, 1.165) is 25.7 Å². The second kappa shape index (κ2) is 5.17. The van der Waals surface area contributed by atoms with Gasteiger partial charge in [0, 0.05) is 24.8 Å². The number of nitrogens with zero attached hydrogens (tertiary/aromatic N) is 2. The Labute approximate surface area is 118 Å². The molecule has 1 amide bonds. The van der Waals surface area contributed by atoms with Crippen LogP contribution >= 0.6 is 11.6 Å². The summed E-state index contributed by atoms with van der Waals surface area (Å²) >= 11 is 6.05. The van der Waals surface area contributed by atoms with Crippen LogP contribution in [0.1, 0.15) is 48.6 Å². The molecule has 1 N–H and O–H groups in total. The first-order chi connectivity index (χ1) is 9.20. The number of carbonyl (C=O) groups excluding carboxylic acids is 1. The molecule has 19 heavy (non-hydrogen) atoms. The molecule has 2 aliphatic rings. The molecule has 0 aliphatic heterocycles. The monoisotopic (exact) mass is 282 g/mol. The number of aliphatic hydroxyl groups excluding tert-OH is 1. The van der Waals surface area contributed by atoms with E-state index in [1.54, 1.807) is 6.07 Å². The maximum absolute atomic E-state index is 12.7. The Kier molecular flexibility index (Phi) is 3.54. The number of carbonyl (C=O) groups is 1. The lowest BCUT2D eigenvalue weighted by atomic mass is 9.91. The number of hydrogen-bond acceptors (Lipinski definition) is 2. The molecule has 4 nitrogen and oxygen atoms in total. The first-order valence-corrected chi connectivity index (χ1v) is 7.37. The molecular formula is C14H19ClN2O2. The highest BCUT2D eigenvalue weighted by Crippen LogP contribution is 2.38. The second-order valence-corrected chi connectivity index (χ2v) is 5.93. The third-order valence-electron chi connectivity index (χ3n) is 4.09. The van der Waals surface area contributed by atoms with Crippen molar-refractivity contribution in [1.29, 1.82) is 0 Å². The zero-order chi connectivity index (χ0) is 13.4. The minimum absolute atomic E-state index is 0.0116. The number of aromatic nitrogens is 1. The minimum atomic E-state index is 0.0116. The van der Waals surface area contributed by atoms with E-state index in [9.17, 15) is 9.90 Å². The maximum atomic E-state index is 12.7. The van der Waals surface area contributed by atoms with Gasteiger partial charge in [-0.05, 0) is 38.2 Å². The molecule has 3 rings (SSSR count). The van der Waals surface area contributed by atoms with E-state index in [4.69, 9.17) is 11.6 Å². The molecule has 0 atom stereocenters. The van der Waals surface area contributed by atoms with Crippen LogP contribution in [0.3, 0.4) is 0 Å². The molecule has 1 aromatic heterocycles. The Morgan fingerprint density at radius 1 is 1.42 bits per heavy atom. The van der Waals surface area contributed by atoms with Crippen LogP contribution in [0.15, 0.2) is 12.3 Å². The van der Waals surface area contributed by atoms with Gasteiger partial charge in [-0.2, -0.15) is 0 Å². The minimum Gasteiger partial charge on any atom is -0.395 e. The summed E-state index contributed by atoms with van der Waals surface area (Å²) < 4.78 is 2.01. The topological polar surface area (TPSA) is 45.5 Å². The summed E-state index contributed by atoms with van der Waals surface area (Å²) in [5, 5.41) is 9.79. The van der Waals surface area contributed by atoms with Crippen molar-refractivity contribution in [2.75, 3.05) is 13.2 Å². The number of halogens is 1. The normalized spacial score (nSPS) is 19.3. The van der Waals surface area contributed by atoms with E-state index in [2.05, 4.69) is 0 Å². The van der Waals surface area contributed by atoms with E-state index in [1.165, 1.54) is 6.42 Å². The molecule has 5 heteroatoms. The van der Waals surface area contributed by atoms with Crippen molar-refractivity contribution in [2.45, 2.75) is 44.2 Å². The lowest BCUT2D eigenvalue weighted by Gasteiger charge is -2.37. The lowest BCUT2D eigenvalue weighted by Crippen LogP contribution is -2.46. The van der Waals surface area contributed by atoms with E-state index in [1.807, 2.05) is 15.7 Å². The third-order valence-corrected chi connectivity index (χ3v) is 4.30. The van der Waals surface area contributed by atoms with E-state index in [-0.39, 0.29) is 12.5 Å². The van der Waals surface area contributed by atoms with E-state index in [0.29, 0.717) is 29.3 Å². The molecule has 1 heterocycles. The van der Waals surface area contributed by atoms with Gasteiger partial charge in [0.05, 0.1) is 11.6 Å². The SMILES string of the molecule is O=C(c1cc(Cl)cn1C1CC1)N(CCO)C1CCC1. The molecular weight excluding hydrogens is 264 g/mol. The van der Waals surface area contributed by atoms with Crippen LogP contribution in [0.5, 0.6) is 0 Å². The summed E-state index contributed by atoms with van der Waals surface area (Å²) in [5.41, 5.74) is 0.674. The van der Waals surface area contributed by atoms with E-state index >= 15 is 0 Å². The van der Waals surface area contributed by atoms with E-state index < -0.39 is 0 Å². The van der Waals surface area contributed by atoms with Crippen molar-refractivity contribution in [3.63, 3.8) is 0 Å². The fourth-order valence-corrected chi connectivity index (χ4v) is 2.88. The predicted molar refractivity (Wildman–Crippen MR) is 73.5 cm³/mol. The first-order valence-electron chi connectivity index (χ1n) is 7.00. The van der Waals surface area contributed by atoms with Crippen LogP contribution in [0.25, 0.3) is 0 Å². The van der Waals surface area contributed by atoms with Gasteiger partial charge in [-0.1, -0.05) is 11.6 Å². The summed E-state index contributed by atoms with van der Waals surface area (Å²) in [4.78, 5) is 14.5. The van der Waals surface area contributed by atoms with Crippen molar-refractivity contribution < 1.29 is 9.90 Å². The molecule has 1 aromatic rings. The summed E-state index contributed by atoms with van der Waals surface area (Å²) in [5.74, 6) is 0.0116. The summed E-state index contributed by atoms with van der Waals surface area (Å²) in [6.07, 6.45) is 7.35. The summed E-state index contributed by atoms with van der Waals surface area (Å²) in [6, 6.07) is 2.48. The van der Waals surface area contributed by atoms with Crippen molar-refractivity contribution in [1.82, 2.24) is 9.47 Å². The predicted octanol–water partition coefficient (Wildman–Crippen LogP) is 2.46. The van der Waals surface area contributed by atoms with Gasteiger partial charge in [0.25, 0.3) is 5.91 Å². The Morgan fingerprint density at radius 2 is 2.16 bits per heavy atom. The van der Waals surface area contributed by atoms with Crippen LogP contribution in [0, 0.1) is 0 Å². The van der Waals surface area contributed by atoms with Crippen LogP contribution in [0.2, 0.25) is 5.02 Å². The number of aliphatic hydroxyl groups is 1. The van der Waals surface area contributed by atoms with Gasteiger partial charge < -0.3 is 14.6 Å². The van der Waals surface area contributed by atoms with Gasteiger partial charge in [-0.25, -0.2) is 0 Å². The fourth-order valence-electron chi connectivity index (χ4n) is 2.67. The maximum Gasteiger partial charge on any atom is 0.270 e. The lowest BCUT2D eigenvalue weighted by molar-refractivity contribution is 0.0515. The first kappa shape index (κ1) is 13.0. The average Bonchev–Trinajstić information content (AvgIpc) is 3.09. The van der Waals surface area contributed by atoms with Gasteiger partial charge >= 0.3 is 0 Å². The highest BCUT2D eigenvalue weighted by Gasteiger charge is 2.33. The van der Waals surface area contributed by atoms with Crippen LogP contribution < -0.4 is 0 Å². The van der Waals surface area contributed by atoms with Gasteiger partial charge in [-0.3, -0.25) is 4.79 Å². The van der Waals surface area contributed by atoms with Gasteiger partial charge in [0.15, 0.2) is 0 Å². The van der Waals surface area contributed by atoms with Crippen molar-refractivity contribution in [3.05, 3.63) is 23.0 Å². The Hall–Kier alpha value is -1.00. The number of amides is 1. The molecule has 0 aromatic carbocycles. The molecule has 2 fully saturated rings. The Morgan fingerprint density at radius 3 is 2.68 bits per heavy atom. The molecule has 0 radical (unpaired) electrons. The summed E-state index contributed by atoms with van der Waals surface area (Å²) in [7, 11) is 0. The van der Waals surface area contributed by atoms with Crippen LogP contribution in [0.4, 0.5) is 0 Å². The van der Waals surface area contributed by atoms with Crippen molar-refractivity contribution in [3.8, 4) is 0 Å². The highest BCUT2D eigenvalue weighted by atomic mass is 35.5. The van der Waals surface area contributed by atoms with Gasteiger partial charge in [0.2, 0.25) is 0 Å². The van der Waals surface area contributed by atoms with Crippen molar-refractivity contribution >= 4 is 17.5 Å². The number of rotatable bonds is 5. The third kappa shape index (κ3) is 2.51. The average molecular weight is 283 g/mol. The summed E-state index contributed by atoms with van der Waals surface area (Å²) in [6.45, 7) is 0.428. The smallest absolute Gasteiger partial charge is 0.270 e. The quantitative estimate of drug-likeness (QED) is 0.902. The molecule has 2 saturated carbocycles. The van der Waals surface area contributed by atoms with Crippen molar-refractivity contribution in [2.24, 2.45) is 0 Å². The molecule has 0 spiro atoms. The molecule has 0 unspecified atom stereocenters. The zero-order valence-electron chi connectivity index (χ0n) is 10.9. The van der Waals surface area contributed by atoms with Gasteiger partial charge in [0.1, 0.15) is 5.69 Å². The molecule has 2 aliphatic carbocycles. The Bertz CT molecular complexity index is 478. The van der Waals surface area contributed by atoms with Gasteiger partial charge in [-0.15, -0.1) is 0 Å². The van der Waals surface area contributed by atoms with Crippen LogP contribution in [-0.2, 0) is 0 Å². The standard InChI is InChI=1S/C14H19ClN2O2/c15-10-8-13(17(9-10)12-4-5-12)14(19)16(6-7-18)11-2-1-3-11/h8-9,11-12,18H,1-7H2. The number of hydrogen-bond donors (Lipinski definition) is 1.